The molecule has 0 atom stereocenters. The third-order valence-corrected chi connectivity index (χ3v) is 5.66. The lowest BCUT2D eigenvalue weighted by atomic mass is 9.95. The Kier molecular flexibility index (Phi) is 6.23. The average molecular weight is 422 g/mol. The van der Waals surface area contributed by atoms with E-state index in [0.717, 1.165) is 24.0 Å². The van der Waals surface area contributed by atoms with Crippen LogP contribution in [-0.2, 0) is 16.1 Å². The Morgan fingerprint density at radius 2 is 1.84 bits per heavy atom. The van der Waals surface area contributed by atoms with Crippen LogP contribution in [0.1, 0.15) is 35.9 Å². The summed E-state index contributed by atoms with van der Waals surface area (Å²) in [6, 6.07) is 14.3. The van der Waals surface area contributed by atoms with E-state index in [1.807, 2.05) is 24.3 Å². The molecule has 1 aliphatic rings. The molecule has 3 aromatic rings. The van der Waals surface area contributed by atoms with Crippen molar-refractivity contribution in [1.82, 2.24) is 4.90 Å². The number of piperidine rings is 1. The molecule has 1 aliphatic heterocycles. The molecule has 31 heavy (non-hydrogen) atoms. The van der Waals surface area contributed by atoms with Crippen LogP contribution in [0.15, 0.2) is 52.9 Å². The van der Waals surface area contributed by atoms with Gasteiger partial charge in [-0.2, -0.15) is 0 Å². The molecule has 1 amide bonds. The van der Waals surface area contributed by atoms with E-state index >= 15 is 0 Å². The zero-order valence-electron chi connectivity index (χ0n) is 17.5. The third-order valence-electron chi connectivity index (χ3n) is 5.66. The Morgan fingerprint density at radius 3 is 2.58 bits per heavy atom. The molecule has 2 aromatic carbocycles. The van der Waals surface area contributed by atoms with E-state index in [1.54, 1.807) is 31.2 Å². The number of anilines is 1. The zero-order valence-corrected chi connectivity index (χ0v) is 17.5. The fourth-order valence-corrected chi connectivity index (χ4v) is 4.01. The lowest BCUT2D eigenvalue weighted by Crippen LogP contribution is -2.38. The van der Waals surface area contributed by atoms with E-state index in [9.17, 15) is 14.7 Å². The minimum Gasteiger partial charge on any atom is -0.506 e. The van der Waals surface area contributed by atoms with Crippen molar-refractivity contribution < 1.29 is 23.8 Å². The Bertz CT molecular complexity index is 1080. The maximum absolute atomic E-state index is 12.6. The number of carbonyl (C=O) groups is 2. The normalized spacial score (nSPS) is 15.1. The standard InChI is InChI=1S/C24H26N2O5/c1-2-30-24(29)22-18(17-7-3-6-10-21(17)31-22)15-26-13-11-16(12-14-26)23(28)25-19-8-4-5-9-20(19)27/h3-10,16,27H,2,11-15H2,1H3,(H,25,28). The van der Waals surface area contributed by atoms with Crippen LogP contribution in [0.3, 0.4) is 0 Å². The molecule has 2 heterocycles. The van der Waals surface area contributed by atoms with E-state index in [1.165, 1.54) is 0 Å². The molecule has 0 bridgehead atoms. The molecule has 0 aliphatic carbocycles. The van der Waals surface area contributed by atoms with E-state index in [-0.39, 0.29) is 29.9 Å². The molecule has 2 N–H and O–H groups in total. The fraction of sp³-hybridized carbons (Fsp3) is 0.333. The Balaban J connectivity index is 1.43. The predicted octanol–water partition coefficient (Wildman–Crippen LogP) is 4.17. The molecule has 0 unspecified atom stereocenters. The molecule has 7 heteroatoms. The van der Waals surface area contributed by atoms with Crippen LogP contribution in [0, 0.1) is 5.92 Å². The van der Waals surface area contributed by atoms with Crippen LogP contribution in [0.25, 0.3) is 11.0 Å². The van der Waals surface area contributed by atoms with Gasteiger partial charge in [-0.25, -0.2) is 4.79 Å². The van der Waals surface area contributed by atoms with Crippen molar-refractivity contribution in [1.29, 1.82) is 0 Å². The summed E-state index contributed by atoms with van der Waals surface area (Å²) in [6.45, 7) is 4.05. The van der Waals surface area contributed by atoms with Gasteiger partial charge in [-0.1, -0.05) is 30.3 Å². The van der Waals surface area contributed by atoms with E-state index in [4.69, 9.17) is 9.15 Å². The summed E-state index contributed by atoms with van der Waals surface area (Å²) in [4.78, 5) is 27.3. The number of fused-ring (bicyclic) bond motifs is 1. The lowest BCUT2D eigenvalue weighted by molar-refractivity contribution is -0.121. The lowest BCUT2D eigenvalue weighted by Gasteiger charge is -2.31. The number of esters is 1. The van der Waals surface area contributed by atoms with Crippen molar-refractivity contribution in [3.05, 3.63) is 59.9 Å². The Morgan fingerprint density at radius 1 is 1.13 bits per heavy atom. The summed E-state index contributed by atoms with van der Waals surface area (Å²) in [7, 11) is 0. The second-order valence-electron chi connectivity index (χ2n) is 7.68. The summed E-state index contributed by atoms with van der Waals surface area (Å²) in [6.07, 6.45) is 1.40. The Labute approximate surface area is 180 Å². The molecule has 0 spiro atoms. The molecule has 7 nitrogen and oxygen atoms in total. The monoisotopic (exact) mass is 422 g/mol. The highest BCUT2D eigenvalue weighted by Gasteiger charge is 2.28. The van der Waals surface area contributed by atoms with Crippen molar-refractivity contribution in [3.63, 3.8) is 0 Å². The number of hydrogen-bond donors (Lipinski definition) is 2. The summed E-state index contributed by atoms with van der Waals surface area (Å²) in [5.41, 5.74) is 1.92. The van der Waals surface area contributed by atoms with Crippen molar-refractivity contribution in [2.45, 2.75) is 26.3 Å². The first-order chi connectivity index (χ1) is 15.1. The number of para-hydroxylation sites is 3. The summed E-state index contributed by atoms with van der Waals surface area (Å²) in [5, 5.41) is 13.6. The van der Waals surface area contributed by atoms with Gasteiger partial charge in [0.2, 0.25) is 11.7 Å². The SMILES string of the molecule is CCOC(=O)c1oc2ccccc2c1CN1CCC(C(=O)Nc2ccccc2O)CC1. The van der Waals surface area contributed by atoms with E-state index < -0.39 is 5.97 Å². The quantitative estimate of drug-likeness (QED) is 0.458. The number of nitrogens with zero attached hydrogens (tertiary/aromatic N) is 1. The number of phenolic OH excluding ortho intramolecular Hbond substituents is 1. The fourth-order valence-electron chi connectivity index (χ4n) is 4.01. The van der Waals surface area contributed by atoms with Gasteiger partial charge in [0, 0.05) is 23.4 Å². The smallest absolute Gasteiger partial charge is 0.374 e. The van der Waals surface area contributed by atoms with Crippen molar-refractivity contribution >= 4 is 28.5 Å². The summed E-state index contributed by atoms with van der Waals surface area (Å²) in [5.74, 6) is -0.344. The molecular formula is C24H26N2O5. The van der Waals surface area contributed by atoms with Crippen LogP contribution in [0.2, 0.25) is 0 Å². The zero-order chi connectivity index (χ0) is 21.8. The van der Waals surface area contributed by atoms with Gasteiger partial charge in [-0.15, -0.1) is 0 Å². The number of carbonyl (C=O) groups excluding carboxylic acids is 2. The number of phenols is 1. The van der Waals surface area contributed by atoms with Crippen molar-refractivity contribution in [3.8, 4) is 5.75 Å². The van der Waals surface area contributed by atoms with Gasteiger partial charge in [0.15, 0.2) is 0 Å². The van der Waals surface area contributed by atoms with Crippen LogP contribution in [0.5, 0.6) is 5.75 Å². The minimum atomic E-state index is -0.453. The maximum Gasteiger partial charge on any atom is 0.374 e. The predicted molar refractivity (Wildman–Crippen MR) is 117 cm³/mol. The first-order valence-corrected chi connectivity index (χ1v) is 10.6. The number of aromatic hydroxyl groups is 1. The molecule has 1 fully saturated rings. The minimum absolute atomic E-state index is 0.0617. The number of nitrogens with one attached hydrogen (secondary N) is 1. The number of ether oxygens (including phenoxy) is 1. The first kappa shape index (κ1) is 20.9. The van der Waals surface area contributed by atoms with Crippen LogP contribution in [0.4, 0.5) is 5.69 Å². The van der Waals surface area contributed by atoms with Gasteiger partial charge >= 0.3 is 5.97 Å². The number of hydrogen-bond acceptors (Lipinski definition) is 6. The van der Waals surface area contributed by atoms with Gasteiger partial charge in [0.25, 0.3) is 0 Å². The van der Waals surface area contributed by atoms with E-state index in [0.29, 0.717) is 30.7 Å². The first-order valence-electron chi connectivity index (χ1n) is 10.6. The number of likely N-dealkylation sites (tertiary alicyclic amines) is 1. The van der Waals surface area contributed by atoms with Gasteiger partial charge in [-0.3, -0.25) is 9.69 Å². The molecule has 1 aromatic heterocycles. The number of rotatable bonds is 6. The summed E-state index contributed by atoms with van der Waals surface area (Å²) >= 11 is 0. The van der Waals surface area contributed by atoms with Gasteiger partial charge < -0.3 is 19.6 Å². The second kappa shape index (κ2) is 9.22. The highest BCUT2D eigenvalue weighted by atomic mass is 16.5. The van der Waals surface area contributed by atoms with Crippen molar-refractivity contribution in [2.24, 2.45) is 5.92 Å². The maximum atomic E-state index is 12.6. The van der Waals surface area contributed by atoms with Gasteiger partial charge in [0.05, 0.1) is 12.3 Å². The Hall–Kier alpha value is -3.32. The molecular weight excluding hydrogens is 396 g/mol. The average Bonchev–Trinajstić information content (AvgIpc) is 3.14. The highest BCUT2D eigenvalue weighted by Crippen LogP contribution is 2.30. The number of benzene rings is 2. The van der Waals surface area contributed by atoms with E-state index in [2.05, 4.69) is 10.2 Å². The molecule has 0 radical (unpaired) electrons. The topological polar surface area (TPSA) is 92.0 Å². The molecule has 0 saturated carbocycles. The third kappa shape index (κ3) is 4.56. The van der Waals surface area contributed by atoms with Crippen LogP contribution >= 0.6 is 0 Å². The second-order valence-corrected chi connectivity index (χ2v) is 7.68. The van der Waals surface area contributed by atoms with Gasteiger partial charge in [-0.05, 0) is 51.1 Å². The molecule has 4 rings (SSSR count). The summed E-state index contributed by atoms with van der Waals surface area (Å²) < 4.78 is 11.0. The molecule has 1 saturated heterocycles. The van der Waals surface area contributed by atoms with Crippen LogP contribution in [-0.4, -0.2) is 41.6 Å². The van der Waals surface area contributed by atoms with Crippen LogP contribution < -0.4 is 5.32 Å². The number of amides is 1. The highest BCUT2D eigenvalue weighted by molar-refractivity contribution is 5.96. The molecule has 162 valence electrons. The van der Waals surface area contributed by atoms with Gasteiger partial charge in [0.1, 0.15) is 11.3 Å². The number of furan rings is 1. The van der Waals surface area contributed by atoms with Crippen molar-refractivity contribution in [2.75, 3.05) is 25.0 Å². The largest absolute Gasteiger partial charge is 0.506 e.